The van der Waals surface area contributed by atoms with E-state index >= 15 is 0 Å². The second-order valence-corrected chi connectivity index (χ2v) is 8.11. The number of carbonyl (C=O) groups excluding carboxylic acids is 2. The molecule has 0 aliphatic carbocycles. The third-order valence-electron chi connectivity index (χ3n) is 5.76. The molecule has 2 atom stereocenters. The van der Waals surface area contributed by atoms with E-state index < -0.39 is 11.8 Å². The first kappa shape index (κ1) is 21.8. The topological polar surface area (TPSA) is 65.9 Å². The summed E-state index contributed by atoms with van der Waals surface area (Å²) in [6, 6.07) is 17.1. The van der Waals surface area contributed by atoms with Crippen molar-refractivity contribution in [3.8, 4) is 0 Å². The Labute approximate surface area is 179 Å². The number of quaternary nitrogens is 1. The molecule has 1 heterocycles. The van der Waals surface area contributed by atoms with Gasteiger partial charge in [-0.15, -0.1) is 0 Å². The molecule has 1 aliphatic heterocycles. The number of benzene rings is 2. The quantitative estimate of drug-likeness (QED) is 0.600. The van der Waals surface area contributed by atoms with Crippen molar-refractivity contribution < 1.29 is 14.5 Å². The molecule has 0 bridgehead atoms. The lowest BCUT2D eigenvalue weighted by Crippen LogP contribution is -3.12. The zero-order valence-electron chi connectivity index (χ0n) is 18.2. The molecular weight excluding hydrogens is 376 g/mol. The van der Waals surface area contributed by atoms with Gasteiger partial charge < -0.3 is 20.4 Å². The Morgan fingerprint density at radius 1 is 1.00 bits per heavy atom. The van der Waals surface area contributed by atoms with Gasteiger partial charge in [0.05, 0.1) is 13.1 Å². The fraction of sp³-hybridized carbons (Fsp3) is 0.417. The van der Waals surface area contributed by atoms with Crippen LogP contribution in [-0.2, 0) is 22.6 Å². The van der Waals surface area contributed by atoms with Crippen LogP contribution in [0.1, 0.15) is 36.1 Å². The van der Waals surface area contributed by atoms with Crippen LogP contribution in [0.25, 0.3) is 0 Å². The molecule has 0 fully saturated rings. The Morgan fingerprint density at radius 2 is 1.67 bits per heavy atom. The number of anilines is 1. The normalized spacial score (nSPS) is 16.3. The molecular formula is C24H33N4O2+. The standard InChI is InChI=1S/C24H32N4O2/c1-4-14-25-23(29)24(30)26-16-22(19-9-11-21(12-10-19)27(2)3)28-15-13-18-7-5-6-8-20(18)17-28/h5-12,22H,4,13-17H2,1-3H3,(H,25,29)(H,26,30)/p+1/t22-/m1/s1. The van der Waals surface area contributed by atoms with Crippen molar-refractivity contribution in [3.05, 3.63) is 65.2 Å². The van der Waals surface area contributed by atoms with E-state index in [1.54, 1.807) is 0 Å². The summed E-state index contributed by atoms with van der Waals surface area (Å²) in [7, 11) is 4.04. The van der Waals surface area contributed by atoms with Crippen LogP contribution in [0.5, 0.6) is 0 Å². The highest BCUT2D eigenvalue weighted by molar-refractivity contribution is 6.35. The lowest BCUT2D eigenvalue weighted by atomic mass is 9.96. The summed E-state index contributed by atoms with van der Waals surface area (Å²) in [5.41, 5.74) is 5.08. The van der Waals surface area contributed by atoms with Gasteiger partial charge in [0.1, 0.15) is 12.6 Å². The zero-order valence-corrected chi connectivity index (χ0v) is 18.2. The van der Waals surface area contributed by atoms with Gasteiger partial charge in [0.2, 0.25) is 0 Å². The Kier molecular flexibility index (Phi) is 7.46. The maximum absolute atomic E-state index is 12.3. The molecule has 0 aromatic heterocycles. The van der Waals surface area contributed by atoms with Gasteiger partial charge in [-0.25, -0.2) is 0 Å². The molecule has 3 N–H and O–H groups in total. The maximum Gasteiger partial charge on any atom is 0.309 e. The molecule has 1 aliphatic rings. The van der Waals surface area contributed by atoms with Crippen LogP contribution in [0, 0.1) is 0 Å². The fourth-order valence-corrected chi connectivity index (χ4v) is 4.00. The second-order valence-electron chi connectivity index (χ2n) is 8.11. The Morgan fingerprint density at radius 3 is 2.33 bits per heavy atom. The highest BCUT2D eigenvalue weighted by Gasteiger charge is 2.29. The van der Waals surface area contributed by atoms with Crippen molar-refractivity contribution in [1.82, 2.24) is 10.6 Å². The SMILES string of the molecule is CCCNC(=O)C(=O)NC[C@H](c1ccc(N(C)C)cc1)[NH+]1CCc2ccccc2C1. The predicted octanol–water partition coefficient (Wildman–Crippen LogP) is 1.08. The molecule has 0 saturated heterocycles. The minimum absolute atomic E-state index is 0.0810. The summed E-state index contributed by atoms with van der Waals surface area (Å²) in [6.07, 6.45) is 1.82. The van der Waals surface area contributed by atoms with Crippen molar-refractivity contribution >= 4 is 17.5 Å². The molecule has 2 aromatic rings. The van der Waals surface area contributed by atoms with E-state index in [4.69, 9.17) is 0 Å². The van der Waals surface area contributed by atoms with E-state index in [2.05, 4.69) is 64.1 Å². The first-order chi connectivity index (χ1) is 14.5. The summed E-state index contributed by atoms with van der Waals surface area (Å²) >= 11 is 0. The highest BCUT2D eigenvalue weighted by atomic mass is 16.2. The number of fused-ring (bicyclic) bond motifs is 1. The predicted molar refractivity (Wildman–Crippen MR) is 120 cm³/mol. The van der Waals surface area contributed by atoms with E-state index in [1.807, 2.05) is 21.0 Å². The average Bonchev–Trinajstić information content (AvgIpc) is 2.77. The zero-order chi connectivity index (χ0) is 21.5. The summed E-state index contributed by atoms with van der Waals surface area (Å²) < 4.78 is 0. The molecule has 0 radical (unpaired) electrons. The first-order valence-electron chi connectivity index (χ1n) is 10.7. The van der Waals surface area contributed by atoms with Crippen molar-refractivity contribution in [1.29, 1.82) is 0 Å². The van der Waals surface area contributed by atoms with E-state index in [9.17, 15) is 9.59 Å². The van der Waals surface area contributed by atoms with Gasteiger partial charge >= 0.3 is 11.8 Å². The molecule has 30 heavy (non-hydrogen) atoms. The number of nitrogens with one attached hydrogen (secondary N) is 3. The van der Waals surface area contributed by atoms with Crippen molar-refractivity contribution in [2.75, 3.05) is 38.6 Å². The van der Waals surface area contributed by atoms with Gasteiger partial charge in [-0.3, -0.25) is 9.59 Å². The smallest absolute Gasteiger partial charge is 0.309 e. The van der Waals surface area contributed by atoms with Crippen molar-refractivity contribution in [3.63, 3.8) is 0 Å². The van der Waals surface area contributed by atoms with Crippen molar-refractivity contribution in [2.45, 2.75) is 32.4 Å². The van der Waals surface area contributed by atoms with Crippen LogP contribution >= 0.6 is 0 Å². The van der Waals surface area contributed by atoms with Crippen LogP contribution < -0.4 is 20.4 Å². The van der Waals surface area contributed by atoms with Gasteiger partial charge in [0.15, 0.2) is 0 Å². The molecule has 2 aromatic carbocycles. The lowest BCUT2D eigenvalue weighted by molar-refractivity contribution is -0.945. The Bertz CT molecular complexity index is 864. The molecule has 6 nitrogen and oxygen atoms in total. The van der Waals surface area contributed by atoms with Gasteiger partial charge in [-0.05, 0) is 24.1 Å². The summed E-state index contributed by atoms with van der Waals surface area (Å²) in [5, 5.41) is 5.51. The summed E-state index contributed by atoms with van der Waals surface area (Å²) in [5.74, 6) is -1.12. The lowest BCUT2D eigenvalue weighted by Gasteiger charge is -2.33. The summed E-state index contributed by atoms with van der Waals surface area (Å²) in [4.78, 5) is 27.7. The number of nitrogens with zero attached hydrogens (tertiary/aromatic N) is 1. The van der Waals surface area contributed by atoms with E-state index in [0.29, 0.717) is 13.1 Å². The fourth-order valence-electron chi connectivity index (χ4n) is 4.00. The second kappa shape index (κ2) is 10.3. The number of amides is 2. The molecule has 1 unspecified atom stereocenters. The molecule has 160 valence electrons. The third kappa shape index (κ3) is 5.39. The third-order valence-corrected chi connectivity index (χ3v) is 5.76. The number of hydrogen-bond donors (Lipinski definition) is 3. The van der Waals surface area contributed by atoms with Crippen LogP contribution in [0.3, 0.4) is 0 Å². The minimum atomic E-state index is -0.560. The van der Waals surface area contributed by atoms with E-state index in [1.165, 1.54) is 21.6 Å². The first-order valence-corrected chi connectivity index (χ1v) is 10.7. The minimum Gasteiger partial charge on any atom is -0.378 e. The maximum atomic E-state index is 12.3. The van der Waals surface area contributed by atoms with E-state index in [0.717, 1.165) is 31.6 Å². The largest absolute Gasteiger partial charge is 0.378 e. The Hall–Kier alpha value is -2.86. The highest BCUT2D eigenvalue weighted by Crippen LogP contribution is 2.18. The monoisotopic (exact) mass is 409 g/mol. The molecule has 3 rings (SSSR count). The number of rotatable bonds is 7. The molecule has 0 spiro atoms. The van der Waals surface area contributed by atoms with Crippen LogP contribution in [0.4, 0.5) is 5.69 Å². The average molecular weight is 410 g/mol. The van der Waals surface area contributed by atoms with Crippen LogP contribution in [0.15, 0.2) is 48.5 Å². The van der Waals surface area contributed by atoms with E-state index in [-0.39, 0.29) is 6.04 Å². The van der Waals surface area contributed by atoms with Gasteiger partial charge in [-0.2, -0.15) is 0 Å². The number of hydrogen-bond acceptors (Lipinski definition) is 3. The van der Waals surface area contributed by atoms with Gasteiger partial charge in [-0.1, -0.05) is 43.3 Å². The molecule has 6 heteroatoms. The van der Waals surface area contributed by atoms with Crippen LogP contribution in [-0.4, -0.2) is 45.5 Å². The van der Waals surface area contributed by atoms with Gasteiger partial charge in [0, 0.05) is 43.9 Å². The Balaban J connectivity index is 1.77. The molecule has 0 saturated carbocycles. The van der Waals surface area contributed by atoms with Gasteiger partial charge in [0.25, 0.3) is 0 Å². The summed E-state index contributed by atoms with van der Waals surface area (Å²) in [6.45, 7) is 4.80. The molecule has 2 amide bonds. The van der Waals surface area contributed by atoms with Crippen LogP contribution in [0.2, 0.25) is 0 Å². The van der Waals surface area contributed by atoms with Crippen molar-refractivity contribution in [2.24, 2.45) is 0 Å². The number of carbonyl (C=O) groups is 2.